The van der Waals surface area contributed by atoms with Crippen LogP contribution in [-0.2, 0) is 10.2 Å². The maximum absolute atomic E-state index is 12.9. The number of carbonyl (C=O) groups excluding carboxylic acids is 1. The summed E-state index contributed by atoms with van der Waals surface area (Å²) >= 11 is 0. The van der Waals surface area contributed by atoms with Crippen LogP contribution < -0.4 is 10.2 Å². The van der Waals surface area contributed by atoms with Gasteiger partial charge in [-0.15, -0.1) is 0 Å². The summed E-state index contributed by atoms with van der Waals surface area (Å²) in [5.74, 6) is -0.00308. The zero-order valence-corrected chi connectivity index (χ0v) is 16.1. The highest BCUT2D eigenvalue weighted by Gasteiger charge is 2.60. The van der Waals surface area contributed by atoms with Crippen LogP contribution in [0, 0.1) is 5.92 Å². The lowest BCUT2D eigenvalue weighted by Crippen LogP contribution is -2.25. The first kappa shape index (κ1) is 18.7. The van der Waals surface area contributed by atoms with Gasteiger partial charge in [0.1, 0.15) is 0 Å². The molecule has 146 valence electrons. The number of nitrogens with one attached hydrogen (secondary N) is 1. The molecule has 1 saturated carbocycles. The third-order valence-electron chi connectivity index (χ3n) is 5.48. The Balaban J connectivity index is 1.54. The molecule has 5 heteroatoms. The highest BCUT2D eigenvalue weighted by Crippen LogP contribution is 2.58. The smallest absolute Gasteiger partial charge is 0.244 e. The summed E-state index contributed by atoms with van der Waals surface area (Å²) in [6.45, 7) is 0. The quantitative estimate of drug-likeness (QED) is 0.499. The molecule has 0 aromatic heterocycles. The summed E-state index contributed by atoms with van der Waals surface area (Å²) in [5, 5.41) is 14.2. The Kier molecular flexibility index (Phi) is 5.04. The lowest BCUT2D eigenvalue weighted by molar-refractivity contribution is -0.122. The monoisotopic (exact) mass is 386 g/mol. The molecule has 3 aromatic rings. The van der Waals surface area contributed by atoms with Crippen molar-refractivity contribution in [3.8, 4) is 11.5 Å². The van der Waals surface area contributed by atoms with Gasteiger partial charge in [0.2, 0.25) is 5.91 Å². The van der Waals surface area contributed by atoms with Crippen LogP contribution in [0.2, 0.25) is 0 Å². The lowest BCUT2D eigenvalue weighted by Gasteiger charge is -2.18. The zero-order chi connectivity index (χ0) is 20.3. The molecular formula is C24H22N2O3. The number of hydrazone groups is 1. The molecular weight excluding hydrogens is 364 g/mol. The molecule has 29 heavy (non-hydrogen) atoms. The summed E-state index contributed by atoms with van der Waals surface area (Å²) in [6, 6.07) is 25.3. The predicted octanol–water partition coefficient (Wildman–Crippen LogP) is 3.86. The third-order valence-corrected chi connectivity index (χ3v) is 5.48. The van der Waals surface area contributed by atoms with Gasteiger partial charge in [-0.2, -0.15) is 5.10 Å². The molecule has 3 aromatic carbocycles. The Morgan fingerprint density at radius 3 is 2.24 bits per heavy atom. The first-order valence-corrected chi connectivity index (χ1v) is 9.47. The van der Waals surface area contributed by atoms with Crippen molar-refractivity contribution in [2.45, 2.75) is 11.8 Å². The summed E-state index contributed by atoms with van der Waals surface area (Å²) in [5.41, 5.74) is 5.02. The number of phenolic OH excluding ortho intramolecular Hbond substituents is 1. The number of methoxy groups -OCH3 is 1. The standard InChI is InChI=1S/C24H22N2O3/c1-29-21-14-8-9-17(22(21)27)16-25-26-23(28)20-15-24(20,18-10-4-2-5-11-18)19-12-6-3-7-13-19/h2-14,16,20,27H,15H2,1H3,(H,26,28)/b25-16+/t20-/m1/s1. The van der Waals surface area contributed by atoms with Gasteiger partial charge >= 0.3 is 0 Å². The van der Waals surface area contributed by atoms with Crippen molar-refractivity contribution in [2.24, 2.45) is 11.0 Å². The maximum atomic E-state index is 12.9. The van der Waals surface area contributed by atoms with Crippen molar-refractivity contribution in [3.05, 3.63) is 95.6 Å². The molecule has 0 heterocycles. The van der Waals surface area contributed by atoms with Crippen LogP contribution in [0.4, 0.5) is 0 Å². The van der Waals surface area contributed by atoms with Gasteiger partial charge < -0.3 is 9.84 Å². The number of hydrogen-bond donors (Lipinski definition) is 2. The fourth-order valence-electron chi connectivity index (χ4n) is 3.91. The van der Waals surface area contributed by atoms with E-state index in [0.717, 1.165) is 17.5 Å². The van der Waals surface area contributed by atoms with E-state index in [1.807, 2.05) is 36.4 Å². The average Bonchev–Trinajstić information content (AvgIpc) is 3.53. The highest BCUT2D eigenvalue weighted by atomic mass is 16.5. The topological polar surface area (TPSA) is 70.9 Å². The van der Waals surface area contributed by atoms with E-state index in [0.29, 0.717) is 11.3 Å². The Morgan fingerprint density at radius 1 is 1.03 bits per heavy atom. The van der Waals surface area contributed by atoms with Crippen LogP contribution in [0.3, 0.4) is 0 Å². The Morgan fingerprint density at radius 2 is 1.66 bits per heavy atom. The first-order chi connectivity index (χ1) is 14.2. The van der Waals surface area contributed by atoms with Crippen LogP contribution in [0.15, 0.2) is 84.0 Å². The van der Waals surface area contributed by atoms with E-state index in [4.69, 9.17) is 4.74 Å². The highest BCUT2D eigenvalue weighted by molar-refractivity contribution is 5.89. The van der Waals surface area contributed by atoms with Crippen molar-refractivity contribution >= 4 is 12.1 Å². The fourth-order valence-corrected chi connectivity index (χ4v) is 3.91. The summed E-state index contributed by atoms with van der Waals surface area (Å²) in [4.78, 5) is 12.9. The molecule has 1 atom stereocenters. The van der Waals surface area contributed by atoms with Gasteiger partial charge in [0.15, 0.2) is 11.5 Å². The van der Waals surface area contributed by atoms with Crippen molar-refractivity contribution in [1.29, 1.82) is 0 Å². The van der Waals surface area contributed by atoms with Crippen molar-refractivity contribution in [2.75, 3.05) is 7.11 Å². The Bertz CT molecular complexity index is 993. The van der Waals surface area contributed by atoms with Gasteiger partial charge in [-0.05, 0) is 29.7 Å². The van der Waals surface area contributed by atoms with Gasteiger partial charge in [-0.1, -0.05) is 66.7 Å². The number of aromatic hydroxyl groups is 1. The lowest BCUT2D eigenvalue weighted by atomic mass is 9.85. The van der Waals surface area contributed by atoms with Crippen LogP contribution in [0.5, 0.6) is 11.5 Å². The maximum Gasteiger partial charge on any atom is 0.244 e. The Hall–Kier alpha value is -3.60. The minimum atomic E-state index is -0.333. The fraction of sp³-hybridized carbons (Fsp3) is 0.167. The number of hydrogen-bond acceptors (Lipinski definition) is 4. The molecule has 1 aliphatic rings. The average molecular weight is 386 g/mol. The number of phenols is 1. The van der Waals surface area contributed by atoms with Crippen LogP contribution in [0.25, 0.3) is 0 Å². The van der Waals surface area contributed by atoms with E-state index in [1.165, 1.54) is 13.3 Å². The minimum absolute atomic E-state index is 0.0117. The van der Waals surface area contributed by atoms with Crippen molar-refractivity contribution in [1.82, 2.24) is 5.43 Å². The van der Waals surface area contributed by atoms with E-state index < -0.39 is 0 Å². The van der Waals surface area contributed by atoms with Crippen LogP contribution in [0.1, 0.15) is 23.1 Å². The molecule has 1 amide bonds. The molecule has 0 bridgehead atoms. The number of carbonyl (C=O) groups is 1. The first-order valence-electron chi connectivity index (χ1n) is 9.47. The van der Waals surface area contributed by atoms with Gasteiger partial charge in [0.05, 0.1) is 19.2 Å². The number of ether oxygens (including phenoxy) is 1. The van der Waals surface area contributed by atoms with Gasteiger partial charge in [-0.25, -0.2) is 5.43 Å². The van der Waals surface area contributed by atoms with Crippen LogP contribution in [-0.4, -0.2) is 24.3 Å². The van der Waals surface area contributed by atoms with Gasteiger partial charge in [-0.3, -0.25) is 4.79 Å². The molecule has 0 unspecified atom stereocenters. The molecule has 0 saturated heterocycles. The molecule has 5 nitrogen and oxygen atoms in total. The van der Waals surface area contributed by atoms with E-state index >= 15 is 0 Å². The van der Waals surface area contributed by atoms with Crippen molar-refractivity contribution in [3.63, 3.8) is 0 Å². The summed E-state index contributed by atoms with van der Waals surface area (Å²) in [7, 11) is 1.48. The number of amides is 1. The second-order valence-corrected chi connectivity index (χ2v) is 7.09. The number of nitrogens with zero attached hydrogens (tertiary/aromatic N) is 1. The number of benzene rings is 3. The van der Waals surface area contributed by atoms with E-state index in [2.05, 4.69) is 34.8 Å². The second kappa shape index (κ2) is 7.80. The van der Waals surface area contributed by atoms with Crippen LogP contribution >= 0.6 is 0 Å². The van der Waals surface area contributed by atoms with E-state index in [-0.39, 0.29) is 23.0 Å². The second-order valence-electron chi connectivity index (χ2n) is 7.09. The minimum Gasteiger partial charge on any atom is -0.504 e. The largest absolute Gasteiger partial charge is 0.504 e. The normalized spacial score (nSPS) is 17.1. The zero-order valence-electron chi connectivity index (χ0n) is 16.1. The summed E-state index contributed by atoms with van der Waals surface area (Å²) in [6.07, 6.45) is 2.15. The van der Waals surface area contributed by atoms with Gasteiger partial charge in [0.25, 0.3) is 0 Å². The predicted molar refractivity (Wildman–Crippen MR) is 112 cm³/mol. The SMILES string of the molecule is COc1cccc(/C=N/NC(=O)[C@H]2CC2(c2ccccc2)c2ccccc2)c1O. The third kappa shape index (κ3) is 3.47. The molecule has 1 aliphatic carbocycles. The van der Waals surface area contributed by atoms with Crippen molar-refractivity contribution < 1.29 is 14.6 Å². The number of para-hydroxylation sites is 1. The molecule has 0 spiro atoms. The molecule has 0 radical (unpaired) electrons. The molecule has 0 aliphatic heterocycles. The molecule has 2 N–H and O–H groups in total. The molecule has 1 fully saturated rings. The summed E-state index contributed by atoms with van der Waals surface area (Å²) < 4.78 is 5.09. The van der Waals surface area contributed by atoms with Gasteiger partial charge in [0, 0.05) is 11.0 Å². The Labute approximate surface area is 169 Å². The molecule has 4 rings (SSSR count). The van der Waals surface area contributed by atoms with E-state index in [9.17, 15) is 9.90 Å². The number of rotatable bonds is 6. The van der Waals surface area contributed by atoms with E-state index in [1.54, 1.807) is 18.2 Å².